The van der Waals surface area contributed by atoms with E-state index < -0.39 is 0 Å². The maximum absolute atomic E-state index is 12.3. The standard InChI is InChI=1S/C22H28N2O2/c1-17-8-10-18(11-9-17)20(24-14-4-5-15-24)16-23-22(26)13-12-19-6-2-3-7-21(19)25/h2-3,6-11,20,25H,4-5,12-16H2,1H3,(H,23,26). The molecule has 0 aromatic heterocycles. The second kappa shape index (κ2) is 8.86. The van der Waals surface area contributed by atoms with Crippen LogP contribution in [0, 0.1) is 6.92 Å². The van der Waals surface area contributed by atoms with Gasteiger partial charge in [-0.05, 0) is 56.5 Å². The van der Waals surface area contributed by atoms with Gasteiger partial charge in [0.05, 0.1) is 6.04 Å². The minimum atomic E-state index is 0.0320. The third kappa shape index (κ3) is 4.85. The number of hydrogen-bond donors (Lipinski definition) is 2. The molecule has 1 amide bonds. The molecule has 26 heavy (non-hydrogen) atoms. The number of nitrogens with zero attached hydrogens (tertiary/aromatic N) is 1. The van der Waals surface area contributed by atoms with Crippen molar-refractivity contribution in [3.05, 3.63) is 65.2 Å². The summed E-state index contributed by atoms with van der Waals surface area (Å²) in [5.41, 5.74) is 3.33. The lowest BCUT2D eigenvalue weighted by Crippen LogP contribution is -2.36. The average molecular weight is 352 g/mol. The molecular formula is C22H28N2O2. The number of aromatic hydroxyl groups is 1. The molecule has 0 aliphatic carbocycles. The molecule has 4 heteroatoms. The normalized spacial score (nSPS) is 15.7. The highest BCUT2D eigenvalue weighted by molar-refractivity contribution is 5.76. The van der Waals surface area contributed by atoms with Crippen LogP contribution in [0.4, 0.5) is 0 Å². The van der Waals surface area contributed by atoms with E-state index in [0.29, 0.717) is 19.4 Å². The van der Waals surface area contributed by atoms with Gasteiger partial charge in [-0.15, -0.1) is 0 Å². The van der Waals surface area contributed by atoms with Crippen LogP contribution in [0.2, 0.25) is 0 Å². The summed E-state index contributed by atoms with van der Waals surface area (Å²) in [6.45, 7) is 4.90. The van der Waals surface area contributed by atoms with E-state index in [-0.39, 0.29) is 17.7 Å². The molecule has 1 heterocycles. The highest BCUT2D eigenvalue weighted by Gasteiger charge is 2.23. The summed E-state index contributed by atoms with van der Waals surface area (Å²) < 4.78 is 0. The first-order valence-corrected chi connectivity index (χ1v) is 9.47. The van der Waals surface area contributed by atoms with Crippen molar-refractivity contribution in [2.45, 2.75) is 38.6 Å². The third-order valence-corrected chi connectivity index (χ3v) is 5.15. The molecule has 0 radical (unpaired) electrons. The topological polar surface area (TPSA) is 52.6 Å². The van der Waals surface area contributed by atoms with E-state index in [1.165, 1.54) is 24.0 Å². The number of aryl methyl sites for hydroxylation is 2. The van der Waals surface area contributed by atoms with Crippen LogP contribution in [0.25, 0.3) is 0 Å². The molecule has 0 spiro atoms. The minimum Gasteiger partial charge on any atom is -0.508 e. The molecule has 1 aliphatic rings. The fraction of sp³-hybridized carbons (Fsp3) is 0.409. The van der Waals surface area contributed by atoms with Crippen molar-refractivity contribution in [1.82, 2.24) is 10.2 Å². The lowest BCUT2D eigenvalue weighted by Gasteiger charge is -2.28. The number of carbonyl (C=O) groups excluding carboxylic acids is 1. The van der Waals surface area contributed by atoms with Gasteiger partial charge in [0.1, 0.15) is 5.75 Å². The van der Waals surface area contributed by atoms with Crippen LogP contribution in [0.1, 0.15) is 42.0 Å². The van der Waals surface area contributed by atoms with E-state index in [1.807, 2.05) is 12.1 Å². The van der Waals surface area contributed by atoms with Gasteiger partial charge in [0.2, 0.25) is 5.91 Å². The van der Waals surface area contributed by atoms with E-state index in [4.69, 9.17) is 0 Å². The Balaban J connectivity index is 1.57. The van der Waals surface area contributed by atoms with Gasteiger partial charge in [-0.3, -0.25) is 9.69 Å². The highest BCUT2D eigenvalue weighted by Crippen LogP contribution is 2.25. The van der Waals surface area contributed by atoms with Crippen LogP contribution in [-0.4, -0.2) is 35.5 Å². The number of benzene rings is 2. The van der Waals surface area contributed by atoms with Gasteiger partial charge in [-0.25, -0.2) is 0 Å². The van der Waals surface area contributed by atoms with Crippen LogP contribution in [0.3, 0.4) is 0 Å². The zero-order chi connectivity index (χ0) is 18.4. The van der Waals surface area contributed by atoms with Gasteiger partial charge in [0.15, 0.2) is 0 Å². The van der Waals surface area contributed by atoms with Crippen LogP contribution in [0.5, 0.6) is 5.75 Å². The second-order valence-electron chi connectivity index (χ2n) is 7.10. The Kier molecular flexibility index (Phi) is 6.29. The molecule has 1 fully saturated rings. The Labute approximate surface area is 155 Å². The number of nitrogens with one attached hydrogen (secondary N) is 1. The van der Waals surface area contributed by atoms with Gasteiger partial charge in [-0.2, -0.15) is 0 Å². The molecule has 1 aliphatic heterocycles. The van der Waals surface area contributed by atoms with E-state index in [1.54, 1.807) is 12.1 Å². The maximum atomic E-state index is 12.3. The number of amides is 1. The SMILES string of the molecule is Cc1ccc(C(CNC(=O)CCc2ccccc2O)N2CCCC2)cc1. The first-order valence-electron chi connectivity index (χ1n) is 9.47. The van der Waals surface area contributed by atoms with Gasteiger partial charge < -0.3 is 10.4 Å². The fourth-order valence-corrected chi connectivity index (χ4v) is 3.57. The van der Waals surface area contributed by atoms with Crippen LogP contribution >= 0.6 is 0 Å². The summed E-state index contributed by atoms with van der Waals surface area (Å²) in [7, 11) is 0. The van der Waals surface area contributed by atoms with Crippen molar-refractivity contribution in [2.75, 3.05) is 19.6 Å². The zero-order valence-electron chi connectivity index (χ0n) is 15.4. The van der Waals surface area contributed by atoms with Gasteiger partial charge >= 0.3 is 0 Å². The molecule has 1 atom stereocenters. The second-order valence-corrected chi connectivity index (χ2v) is 7.10. The number of phenolic OH excluding ortho intramolecular Hbond substituents is 1. The minimum absolute atomic E-state index is 0.0320. The zero-order valence-corrected chi connectivity index (χ0v) is 15.4. The molecule has 2 aromatic carbocycles. The Bertz CT molecular complexity index is 721. The number of carbonyl (C=O) groups is 1. The molecule has 1 unspecified atom stereocenters. The van der Waals surface area contributed by atoms with Crippen molar-refractivity contribution >= 4 is 5.91 Å². The highest BCUT2D eigenvalue weighted by atomic mass is 16.3. The summed E-state index contributed by atoms with van der Waals surface area (Å²) in [5, 5.41) is 12.9. The number of para-hydroxylation sites is 1. The monoisotopic (exact) mass is 352 g/mol. The molecule has 0 bridgehead atoms. The molecule has 2 N–H and O–H groups in total. The Morgan fingerprint density at radius 1 is 1.12 bits per heavy atom. The van der Waals surface area contributed by atoms with Crippen molar-refractivity contribution in [3.63, 3.8) is 0 Å². The van der Waals surface area contributed by atoms with Crippen LogP contribution in [0.15, 0.2) is 48.5 Å². The molecule has 1 saturated heterocycles. The predicted molar refractivity (Wildman–Crippen MR) is 104 cm³/mol. The Morgan fingerprint density at radius 2 is 1.81 bits per heavy atom. The van der Waals surface area contributed by atoms with Crippen molar-refractivity contribution in [3.8, 4) is 5.75 Å². The number of likely N-dealkylation sites (tertiary alicyclic amines) is 1. The third-order valence-electron chi connectivity index (χ3n) is 5.15. The number of phenols is 1. The summed E-state index contributed by atoms with van der Waals surface area (Å²) in [6.07, 6.45) is 3.39. The summed E-state index contributed by atoms with van der Waals surface area (Å²) in [5.74, 6) is 0.291. The van der Waals surface area contributed by atoms with Gasteiger partial charge in [0, 0.05) is 13.0 Å². The van der Waals surface area contributed by atoms with E-state index in [2.05, 4.69) is 41.4 Å². The summed E-state index contributed by atoms with van der Waals surface area (Å²) in [4.78, 5) is 14.8. The summed E-state index contributed by atoms with van der Waals surface area (Å²) >= 11 is 0. The van der Waals surface area contributed by atoms with E-state index in [0.717, 1.165) is 18.7 Å². The molecule has 4 nitrogen and oxygen atoms in total. The lowest BCUT2D eigenvalue weighted by atomic mass is 10.0. The van der Waals surface area contributed by atoms with Crippen molar-refractivity contribution < 1.29 is 9.90 Å². The fourth-order valence-electron chi connectivity index (χ4n) is 3.57. The number of hydrogen-bond acceptors (Lipinski definition) is 3. The van der Waals surface area contributed by atoms with E-state index in [9.17, 15) is 9.90 Å². The first kappa shape index (κ1) is 18.5. The van der Waals surface area contributed by atoms with Crippen molar-refractivity contribution in [2.24, 2.45) is 0 Å². The quantitative estimate of drug-likeness (QED) is 0.801. The van der Waals surface area contributed by atoms with Crippen LogP contribution < -0.4 is 5.32 Å². The molecular weight excluding hydrogens is 324 g/mol. The summed E-state index contributed by atoms with van der Waals surface area (Å²) in [6, 6.07) is 16.0. The van der Waals surface area contributed by atoms with E-state index >= 15 is 0 Å². The maximum Gasteiger partial charge on any atom is 0.220 e. The average Bonchev–Trinajstić information content (AvgIpc) is 3.17. The Hall–Kier alpha value is -2.33. The largest absolute Gasteiger partial charge is 0.508 e. The smallest absolute Gasteiger partial charge is 0.220 e. The molecule has 138 valence electrons. The predicted octanol–water partition coefficient (Wildman–Crippen LogP) is 3.59. The van der Waals surface area contributed by atoms with Gasteiger partial charge in [0.25, 0.3) is 0 Å². The van der Waals surface area contributed by atoms with Gasteiger partial charge in [-0.1, -0.05) is 48.0 Å². The first-order chi connectivity index (χ1) is 12.6. The van der Waals surface area contributed by atoms with Crippen LogP contribution in [-0.2, 0) is 11.2 Å². The van der Waals surface area contributed by atoms with Crippen molar-refractivity contribution in [1.29, 1.82) is 0 Å². The lowest BCUT2D eigenvalue weighted by molar-refractivity contribution is -0.121. The number of rotatable bonds is 7. The molecule has 2 aromatic rings. The molecule has 3 rings (SSSR count). The Morgan fingerprint density at radius 3 is 2.50 bits per heavy atom. The molecule has 0 saturated carbocycles.